The first kappa shape index (κ1) is 24.2. The fraction of sp³-hybridized carbons (Fsp3) is 0.417. The van der Waals surface area contributed by atoms with Crippen molar-refractivity contribution in [2.45, 2.75) is 31.3 Å². The largest absolute Gasteiger partial charge is 0.453 e. The molecule has 2 heterocycles. The molecule has 1 amide bonds. The van der Waals surface area contributed by atoms with Crippen molar-refractivity contribution >= 4 is 33.3 Å². The number of hydrogen-bond acceptors (Lipinski definition) is 7. The third kappa shape index (κ3) is 4.79. The van der Waals surface area contributed by atoms with Crippen LogP contribution in [-0.2, 0) is 24.3 Å². The molecule has 1 atom stereocenters. The van der Waals surface area contributed by atoms with Gasteiger partial charge in [-0.25, -0.2) is 13.2 Å². The fourth-order valence-corrected chi connectivity index (χ4v) is 5.79. The molecule has 2 aromatic carbocycles. The third-order valence-corrected chi connectivity index (χ3v) is 8.13. The minimum Gasteiger partial charge on any atom is -0.453 e. The van der Waals surface area contributed by atoms with E-state index in [9.17, 15) is 18.0 Å². The zero-order valence-electron chi connectivity index (χ0n) is 19.3. The second-order valence-electron chi connectivity index (χ2n) is 8.10. The quantitative estimate of drug-likeness (QED) is 0.571. The molecule has 0 bridgehead atoms. The van der Waals surface area contributed by atoms with Crippen molar-refractivity contribution in [3.05, 3.63) is 53.6 Å². The van der Waals surface area contributed by atoms with Crippen LogP contribution in [0.1, 0.15) is 42.3 Å². The van der Waals surface area contributed by atoms with Crippen LogP contribution in [0.3, 0.4) is 0 Å². The Labute approximate surface area is 199 Å². The van der Waals surface area contributed by atoms with E-state index in [2.05, 4.69) is 10.2 Å². The molecule has 9 nitrogen and oxygen atoms in total. The first-order valence-corrected chi connectivity index (χ1v) is 12.9. The number of anilines is 2. The van der Waals surface area contributed by atoms with Gasteiger partial charge in [-0.3, -0.25) is 4.79 Å². The van der Waals surface area contributed by atoms with Crippen LogP contribution < -0.4 is 10.2 Å². The van der Waals surface area contributed by atoms with E-state index in [4.69, 9.17) is 9.47 Å². The standard InChI is InChI=1S/C24H29N3O6S/c1-3-27(4-2)34(30,31)17-9-10-21(26-11-13-32-14-12-26)20(15-17)25-23(28)16-22-18-7-5-6-8-19(18)24(29)33-22/h5-10,15,22H,3-4,11-14,16H2,1-2H3,(H,25,28)/t22-/m1/s1. The highest BCUT2D eigenvalue weighted by atomic mass is 32.2. The maximum atomic E-state index is 13.1. The monoisotopic (exact) mass is 487 g/mol. The van der Waals surface area contributed by atoms with Crippen molar-refractivity contribution in [2.75, 3.05) is 49.6 Å². The van der Waals surface area contributed by atoms with E-state index in [1.54, 1.807) is 50.2 Å². The fourth-order valence-electron chi connectivity index (χ4n) is 4.31. The molecule has 0 unspecified atom stereocenters. The Hall–Kier alpha value is -2.95. The van der Waals surface area contributed by atoms with E-state index < -0.39 is 22.1 Å². The second kappa shape index (κ2) is 10.1. The number of sulfonamides is 1. The Morgan fingerprint density at radius 1 is 1.12 bits per heavy atom. The molecular weight excluding hydrogens is 458 g/mol. The van der Waals surface area contributed by atoms with Crippen molar-refractivity contribution < 1.29 is 27.5 Å². The van der Waals surface area contributed by atoms with E-state index in [1.165, 1.54) is 10.4 Å². The maximum Gasteiger partial charge on any atom is 0.339 e. The van der Waals surface area contributed by atoms with Gasteiger partial charge in [-0.05, 0) is 24.3 Å². The number of nitrogens with zero attached hydrogens (tertiary/aromatic N) is 2. The highest BCUT2D eigenvalue weighted by Crippen LogP contribution is 2.35. The number of ether oxygens (including phenoxy) is 2. The lowest BCUT2D eigenvalue weighted by Gasteiger charge is -2.31. The van der Waals surface area contributed by atoms with Crippen LogP contribution in [0.25, 0.3) is 0 Å². The van der Waals surface area contributed by atoms with Crippen molar-refractivity contribution in [3.63, 3.8) is 0 Å². The minimum absolute atomic E-state index is 0.0711. The summed E-state index contributed by atoms with van der Waals surface area (Å²) in [4.78, 5) is 27.3. The van der Waals surface area contributed by atoms with Gasteiger partial charge in [0.15, 0.2) is 0 Å². The Balaban J connectivity index is 1.62. The lowest BCUT2D eigenvalue weighted by atomic mass is 10.0. The number of rotatable bonds is 8. The maximum absolute atomic E-state index is 13.1. The number of esters is 1. The van der Waals surface area contributed by atoms with Crippen molar-refractivity contribution in [2.24, 2.45) is 0 Å². The molecule has 182 valence electrons. The number of cyclic esters (lactones) is 1. The molecule has 1 saturated heterocycles. The van der Waals surface area contributed by atoms with Crippen LogP contribution in [0.15, 0.2) is 47.4 Å². The van der Waals surface area contributed by atoms with Crippen LogP contribution in [0.5, 0.6) is 0 Å². The van der Waals surface area contributed by atoms with Gasteiger partial charge >= 0.3 is 5.97 Å². The zero-order valence-corrected chi connectivity index (χ0v) is 20.1. The summed E-state index contributed by atoms with van der Waals surface area (Å²) in [5.74, 6) is -0.823. The summed E-state index contributed by atoms with van der Waals surface area (Å²) in [5, 5.41) is 2.87. The van der Waals surface area contributed by atoms with Gasteiger partial charge in [0.2, 0.25) is 15.9 Å². The van der Waals surface area contributed by atoms with Gasteiger partial charge in [-0.15, -0.1) is 0 Å². The molecule has 2 aromatic rings. The molecule has 0 aliphatic carbocycles. The van der Waals surface area contributed by atoms with Gasteiger partial charge in [0.05, 0.1) is 41.5 Å². The van der Waals surface area contributed by atoms with Gasteiger partial charge in [0, 0.05) is 31.7 Å². The van der Waals surface area contributed by atoms with Crippen molar-refractivity contribution in [3.8, 4) is 0 Å². The minimum atomic E-state index is -3.71. The molecular formula is C24H29N3O6S. The van der Waals surface area contributed by atoms with E-state index >= 15 is 0 Å². The highest BCUT2D eigenvalue weighted by Gasteiger charge is 2.32. The van der Waals surface area contributed by atoms with E-state index in [1.807, 2.05) is 0 Å². The van der Waals surface area contributed by atoms with E-state index in [0.717, 1.165) is 5.69 Å². The normalized spacial score (nSPS) is 18.0. The number of benzene rings is 2. The number of carbonyl (C=O) groups is 2. The molecule has 10 heteroatoms. The van der Waals surface area contributed by atoms with Gasteiger partial charge < -0.3 is 19.7 Å². The van der Waals surface area contributed by atoms with Crippen LogP contribution in [-0.4, -0.2) is 64.0 Å². The zero-order chi connectivity index (χ0) is 24.3. The Morgan fingerprint density at radius 3 is 2.53 bits per heavy atom. The summed E-state index contributed by atoms with van der Waals surface area (Å²) >= 11 is 0. The highest BCUT2D eigenvalue weighted by molar-refractivity contribution is 7.89. The predicted octanol–water partition coefficient (Wildman–Crippen LogP) is 2.79. The molecule has 0 spiro atoms. The Kier molecular flexibility index (Phi) is 7.20. The summed E-state index contributed by atoms with van der Waals surface area (Å²) in [6.07, 6.45) is -0.753. The van der Waals surface area contributed by atoms with E-state index in [-0.39, 0.29) is 17.2 Å². The number of nitrogens with one attached hydrogen (secondary N) is 1. The van der Waals surface area contributed by atoms with E-state index in [0.29, 0.717) is 56.2 Å². The van der Waals surface area contributed by atoms with Gasteiger partial charge in [0.1, 0.15) is 6.10 Å². The average molecular weight is 488 g/mol. The van der Waals surface area contributed by atoms with Crippen molar-refractivity contribution in [1.29, 1.82) is 0 Å². The molecule has 34 heavy (non-hydrogen) atoms. The number of carbonyl (C=O) groups excluding carboxylic acids is 2. The lowest BCUT2D eigenvalue weighted by molar-refractivity contribution is -0.118. The Morgan fingerprint density at radius 2 is 1.82 bits per heavy atom. The van der Waals surface area contributed by atoms with Crippen LogP contribution in [0.2, 0.25) is 0 Å². The summed E-state index contributed by atoms with van der Waals surface area (Å²) in [5.41, 5.74) is 2.26. The molecule has 0 saturated carbocycles. The summed E-state index contributed by atoms with van der Waals surface area (Å²) in [6.45, 7) is 6.59. The molecule has 0 aromatic heterocycles. The molecule has 2 aliphatic heterocycles. The molecule has 1 N–H and O–H groups in total. The Bertz CT molecular complexity index is 1170. The van der Waals surface area contributed by atoms with Crippen molar-refractivity contribution in [1.82, 2.24) is 4.31 Å². The number of fused-ring (bicyclic) bond motifs is 1. The predicted molar refractivity (Wildman–Crippen MR) is 127 cm³/mol. The lowest BCUT2D eigenvalue weighted by Crippen LogP contribution is -2.37. The number of morpholine rings is 1. The molecule has 0 radical (unpaired) electrons. The first-order valence-electron chi connectivity index (χ1n) is 11.4. The SMILES string of the molecule is CCN(CC)S(=O)(=O)c1ccc(N2CCOCC2)c(NC(=O)C[C@H]2OC(=O)c3ccccc32)c1. The molecule has 1 fully saturated rings. The summed E-state index contributed by atoms with van der Waals surface area (Å²) in [7, 11) is -3.71. The van der Waals surface area contributed by atoms with Crippen LogP contribution >= 0.6 is 0 Å². The average Bonchev–Trinajstić information content (AvgIpc) is 3.15. The van der Waals surface area contributed by atoms with Gasteiger partial charge in [0.25, 0.3) is 0 Å². The van der Waals surface area contributed by atoms with Gasteiger partial charge in [-0.1, -0.05) is 32.0 Å². The molecule has 4 rings (SSSR count). The summed E-state index contributed by atoms with van der Waals surface area (Å²) < 4.78 is 38.4. The topological polar surface area (TPSA) is 105 Å². The number of amides is 1. The second-order valence-corrected chi connectivity index (χ2v) is 10.0. The van der Waals surface area contributed by atoms with Gasteiger partial charge in [-0.2, -0.15) is 4.31 Å². The summed E-state index contributed by atoms with van der Waals surface area (Å²) in [6, 6.07) is 11.8. The first-order chi connectivity index (χ1) is 16.3. The molecule has 2 aliphatic rings. The van der Waals surface area contributed by atoms with Crippen LogP contribution in [0, 0.1) is 0 Å². The number of hydrogen-bond donors (Lipinski definition) is 1. The van der Waals surface area contributed by atoms with Crippen LogP contribution in [0.4, 0.5) is 11.4 Å². The third-order valence-electron chi connectivity index (χ3n) is 6.08. The smallest absolute Gasteiger partial charge is 0.339 e.